The quantitative estimate of drug-likeness (QED) is 0.579. The van der Waals surface area contributed by atoms with Crippen molar-refractivity contribution in [1.29, 1.82) is 0 Å². The minimum atomic E-state index is -0.258. The van der Waals surface area contributed by atoms with Crippen molar-refractivity contribution in [1.82, 2.24) is 20.2 Å². The third-order valence-electron chi connectivity index (χ3n) is 4.87. The van der Waals surface area contributed by atoms with E-state index in [1.54, 1.807) is 0 Å². The molecule has 144 valence electrons. The van der Waals surface area contributed by atoms with Gasteiger partial charge in [0.05, 0.1) is 17.3 Å². The number of rotatable bonds is 6. The van der Waals surface area contributed by atoms with Crippen molar-refractivity contribution < 1.29 is 4.79 Å². The Labute approximate surface area is 169 Å². The van der Waals surface area contributed by atoms with Crippen LogP contribution in [-0.4, -0.2) is 46.7 Å². The minimum absolute atomic E-state index is 0.149. The van der Waals surface area contributed by atoms with E-state index >= 15 is 0 Å². The maximum atomic E-state index is 12.7. The topological polar surface area (TPSA) is 58.1 Å². The van der Waals surface area contributed by atoms with Crippen LogP contribution in [0.4, 0.5) is 0 Å². The first-order valence-corrected chi connectivity index (χ1v) is 10.8. The number of aromatic nitrogens is 2. The average Bonchev–Trinajstić information content (AvgIpc) is 2.70. The van der Waals surface area contributed by atoms with Gasteiger partial charge < -0.3 is 5.32 Å². The van der Waals surface area contributed by atoms with Gasteiger partial charge in [-0.05, 0) is 44.7 Å². The number of likely N-dealkylation sites (tertiary alicyclic amines) is 1. The number of hydrogen-bond donors (Lipinski definition) is 1. The van der Waals surface area contributed by atoms with Crippen molar-refractivity contribution in [2.75, 3.05) is 25.9 Å². The highest BCUT2D eigenvalue weighted by molar-refractivity contribution is 7.98. The van der Waals surface area contributed by atoms with Gasteiger partial charge in [0.15, 0.2) is 10.9 Å². The molecular formula is C20H25ClN4OS. The molecule has 1 aromatic carbocycles. The number of benzene rings is 1. The molecule has 0 radical (unpaired) electrons. The van der Waals surface area contributed by atoms with E-state index in [-0.39, 0.29) is 22.7 Å². The molecule has 1 amide bonds. The number of thioether (sulfide) groups is 1. The van der Waals surface area contributed by atoms with Gasteiger partial charge in [-0.2, -0.15) is 0 Å². The zero-order chi connectivity index (χ0) is 19.2. The number of piperidine rings is 1. The fraction of sp³-hybridized carbons (Fsp3) is 0.450. The van der Waals surface area contributed by atoms with E-state index < -0.39 is 0 Å². The number of nitrogens with zero attached hydrogens (tertiary/aromatic N) is 3. The Hall–Kier alpha value is -1.63. The Morgan fingerprint density at radius 3 is 2.63 bits per heavy atom. The van der Waals surface area contributed by atoms with Crippen molar-refractivity contribution in [3.8, 4) is 0 Å². The highest BCUT2D eigenvalue weighted by Crippen LogP contribution is 2.25. The molecule has 0 saturated carbocycles. The lowest BCUT2D eigenvalue weighted by atomic mass is 10.0. The van der Waals surface area contributed by atoms with Crippen LogP contribution in [0.15, 0.2) is 35.6 Å². The standard InChI is InChI=1S/C20H25ClN4OS/c1-14-6-8-15(9-7-14)17(25-10-4-3-5-11-25)13-22-19(26)18-16(21)12-23-20(24-18)27-2/h6-9,12,17H,3-5,10-11,13H2,1-2H3,(H,22,26). The van der Waals surface area contributed by atoms with E-state index in [1.165, 1.54) is 48.3 Å². The summed E-state index contributed by atoms with van der Waals surface area (Å²) in [6, 6.07) is 8.71. The first kappa shape index (κ1) is 20.1. The summed E-state index contributed by atoms with van der Waals surface area (Å²) >= 11 is 7.53. The molecule has 1 saturated heterocycles. The number of aryl methyl sites for hydroxylation is 1. The van der Waals surface area contributed by atoms with Crippen molar-refractivity contribution in [3.63, 3.8) is 0 Å². The molecule has 1 N–H and O–H groups in total. The van der Waals surface area contributed by atoms with E-state index in [0.717, 1.165) is 13.1 Å². The molecule has 1 aromatic heterocycles. The van der Waals surface area contributed by atoms with Gasteiger partial charge in [-0.1, -0.05) is 59.6 Å². The third kappa shape index (κ3) is 5.21. The summed E-state index contributed by atoms with van der Waals surface area (Å²) in [6.45, 7) is 4.72. The summed E-state index contributed by atoms with van der Waals surface area (Å²) in [5.74, 6) is -0.258. The van der Waals surface area contributed by atoms with Gasteiger partial charge in [-0.25, -0.2) is 9.97 Å². The molecule has 1 fully saturated rings. The van der Waals surface area contributed by atoms with Crippen LogP contribution in [0, 0.1) is 6.92 Å². The summed E-state index contributed by atoms with van der Waals surface area (Å²) in [6.07, 6.45) is 7.03. The Morgan fingerprint density at radius 2 is 1.96 bits per heavy atom. The lowest BCUT2D eigenvalue weighted by Crippen LogP contribution is -2.40. The van der Waals surface area contributed by atoms with E-state index in [1.807, 2.05) is 6.26 Å². The minimum Gasteiger partial charge on any atom is -0.349 e. The molecule has 1 unspecified atom stereocenters. The van der Waals surface area contributed by atoms with Gasteiger partial charge in [0.2, 0.25) is 0 Å². The van der Waals surface area contributed by atoms with Gasteiger partial charge in [-0.15, -0.1) is 0 Å². The molecule has 2 aromatic rings. The predicted molar refractivity (Wildman–Crippen MR) is 111 cm³/mol. The number of halogens is 1. The fourth-order valence-corrected chi connectivity index (χ4v) is 3.88. The molecule has 5 nitrogen and oxygen atoms in total. The Balaban J connectivity index is 1.76. The number of carbonyl (C=O) groups excluding carboxylic acids is 1. The number of nitrogens with one attached hydrogen (secondary N) is 1. The molecule has 0 bridgehead atoms. The highest BCUT2D eigenvalue weighted by atomic mass is 35.5. The van der Waals surface area contributed by atoms with Gasteiger partial charge in [0.25, 0.3) is 5.91 Å². The van der Waals surface area contributed by atoms with Crippen LogP contribution >= 0.6 is 23.4 Å². The van der Waals surface area contributed by atoms with Crippen LogP contribution in [0.3, 0.4) is 0 Å². The maximum absolute atomic E-state index is 12.7. The van der Waals surface area contributed by atoms with E-state index in [4.69, 9.17) is 11.6 Å². The Kier molecular flexibility index (Phi) is 7.10. The monoisotopic (exact) mass is 404 g/mol. The molecule has 1 aliphatic heterocycles. The lowest BCUT2D eigenvalue weighted by Gasteiger charge is -2.35. The SMILES string of the molecule is CSc1ncc(Cl)c(C(=O)NCC(c2ccc(C)cc2)N2CCCCC2)n1. The molecule has 7 heteroatoms. The molecule has 3 rings (SSSR count). The van der Waals surface area contributed by atoms with Crippen LogP contribution < -0.4 is 5.32 Å². The number of amides is 1. The first-order chi connectivity index (χ1) is 13.1. The number of carbonyl (C=O) groups is 1. The second-order valence-electron chi connectivity index (χ2n) is 6.79. The van der Waals surface area contributed by atoms with Gasteiger partial charge in [0.1, 0.15) is 0 Å². The summed E-state index contributed by atoms with van der Waals surface area (Å²) < 4.78 is 0. The Morgan fingerprint density at radius 1 is 1.26 bits per heavy atom. The summed E-state index contributed by atoms with van der Waals surface area (Å²) in [5, 5.41) is 3.85. The second-order valence-corrected chi connectivity index (χ2v) is 7.97. The van der Waals surface area contributed by atoms with Crippen LogP contribution in [-0.2, 0) is 0 Å². The summed E-state index contributed by atoms with van der Waals surface area (Å²) in [5.41, 5.74) is 2.69. The zero-order valence-corrected chi connectivity index (χ0v) is 17.3. The van der Waals surface area contributed by atoms with E-state index in [9.17, 15) is 4.79 Å². The normalized spacial score (nSPS) is 16.1. The molecule has 0 spiro atoms. The van der Waals surface area contributed by atoms with Crippen LogP contribution in [0.5, 0.6) is 0 Å². The summed E-state index contributed by atoms with van der Waals surface area (Å²) in [7, 11) is 0. The van der Waals surface area contributed by atoms with Crippen LogP contribution in [0.1, 0.15) is 46.9 Å². The van der Waals surface area contributed by atoms with Gasteiger partial charge in [-0.3, -0.25) is 9.69 Å². The molecule has 2 heterocycles. The predicted octanol–water partition coefficient (Wildman–Crippen LogP) is 4.12. The molecular weight excluding hydrogens is 380 g/mol. The zero-order valence-electron chi connectivity index (χ0n) is 15.7. The lowest BCUT2D eigenvalue weighted by molar-refractivity contribution is 0.0918. The highest BCUT2D eigenvalue weighted by Gasteiger charge is 2.24. The average molecular weight is 405 g/mol. The molecule has 1 aliphatic rings. The van der Waals surface area contributed by atoms with Crippen molar-refractivity contribution in [3.05, 3.63) is 52.3 Å². The van der Waals surface area contributed by atoms with Gasteiger partial charge in [0, 0.05) is 6.54 Å². The molecule has 0 aliphatic carbocycles. The van der Waals surface area contributed by atoms with E-state index in [2.05, 4.69) is 51.4 Å². The van der Waals surface area contributed by atoms with Crippen LogP contribution in [0.2, 0.25) is 5.02 Å². The second kappa shape index (κ2) is 9.53. The largest absolute Gasteiger partial charge is 0.349 e. The fourth-order valence-electron chi connectivity index (χ4n) is 3.36. The molecule has 1 atom stereocenters. The van der Waals surface area contributed by atoms with Crippen molar-refractivity contribution >= 4 is 29.3 Å². The maximum Gasteiger partial charge on any atom is 0.271 e. The van der Waals surface area contributed by atoms with Gasteiger partial charge >= 0.3 is 0 Å². The molecule has 27 heavy (non-hydrogen) atoms. The van der Waals surface area contributed by atoms with Crippen molar-refractivity contribution in [2.24, 2.45) is 0 Å². The van der Waals surface area contributed by atoms with E-state index in [0.29, 0.717) is 11.7 Å². The smallest absolute Gasteiger partial charge is 0.271 e. The summed E-state index contributed by atoms with van der Waals surface area (Å²) in [4.78, 5) is 23.5. The Bertz CT molecular complexity index is 778. The first-order valence-electron chi connectivity index (χ1n) is 9.24. The number of hydrogen-bond acceptors (Lipinski definition) is 5. The third-order valence-corrected chi connectivity index (χ3v) is 5.71. The van der Waals surface area contributed by atoms with Crippen LogP contribution in [0.25, 0.3) is 0 Å². The van der Waals surface area contributed by atoms with Crippen molar-refractivity contribution in [2.45, 2.75) is 37.4 Å².